The number of rotatable bonds is 5. The van der Waals surface area contributed by atoms with Crippen molar-refractivity contribution in [3.8, 4) is 5.75 Å². The van der Waals surface area contributed by atoms with E-state index in [0.717, 1.165) is 5.56 Å². The molecule has 1 atom stereocenters. The molecule has 0 aromatic heterocycles. The molecule has 1 aliphatic rings. The van der Waals surface area contributed by atoms with Crippen LogP contribution in [0.3, 0.4) is 0 Å². The minimum absolute atomic E-state index is 0.0606. The lowest BCUT2D eigenvalue weighted by Gasteiger charge is -2.25. The zero-order valence-corrected chi connectivity index (χ0v) is 15.7. The van der Waals surface area contributed by atoms with Gasteiger partial charge in [0.25, 0.3) is 0 Å². The number of hydrogen-bond donors (Lipinski definition) is 2. The molecule has 1 aliphatic heterocycles. The molecule has 0 spiro atoms. The van der Waals surface area contributed by atoms with Gasteiger partial charge in [0, 0.05) is 6.04 Å². The Hall–Kier alpha value is -2.09. The molecular formula is C17H24N2O5S. The zero-order valence-electron chi connectivity index (χ0n) is 14.9. The minimum atomic E-state index is -3.10. The second kappa shape index (κ2) is 7.03. The van der Waals surface area contributed by atoms with Crippen molar-refractivity contribution in [1.29, 1.82) is 0 Å². The number of benzene rings is 1. The predicted octanol–water partition coefficient (Wildman–Crippen LogP) is 1.27. The summed E-state index contributed by atoms with van der Waals surface area (Å²) in [7, 11) is -1.60. The summed E-state index contributed by atoms with van der Waals surface area (Å²) in [5.74, 6) is -0.516. The van der Waals surface area contributed by atoms with Crippen molar-refractivity contribution in [2.75, 3.05) is 23.9 Å². The van der Waals surface area contributed by atoms with Gasteiger partial charge in [-0.1, -0.05) is 6.07 Å². The van der Waals surface area contributed by atoms with Crippen LogP contribution in [0.25, 0.3) is 0 Å². The Balaban J connectivity index is 2.09. The van der Waals surface area contributed by atoms with Crippen LogP contribution in [0.5, 0.6) is 5.75 Å². The monoisotopic (exact) mass is 368 g/mol. The summed E-state index contributed by atoms with van der Waals surface area (Å²) in [5.41, 5.74) is 0.0625. The average molecular weight is 368 g/mol. The first-order valence-corrected chi connectivity index (χ1v) is 9.85. The van der Waals surface area contributed by atoms with Crippen molar-refractivity contribution in [3.05, 3.63) is 23.8 Å². The lowest BCUT2D eigenvalue weighted by atomic mass is 9.90. The molecule has 2 N–H and O–H groups in total. The number of carbonyl (C=O) groups is 2. The molecule has 8 heteroatoms. The molecule has 0 aliphatic carbocycles. The summed E-state index contributed by atoms with van der Waals surface area (Å²) in [6.07, 6.45) is 0.372. The Morgan fingerprint density at radius 2 is 1.92 bits per heavy atom. The fourth-order valence-electron chi connectivity index (χ4n) is 2.58. The Morgan fingerprint density at radius 1 is 1.24 bits per heavy atom. The van der Waals surface area contributed by atoms with Gasteiger partial charge in [-0.3, -0.25) is 9.59 Å². The fourth-order valence-corrected chi connectivity index (χ4v) is 4.25. The van der Waals surface area contributed by atoms with E-state index >= 15 is 0 Å². The van der Waals surface area contributed by atoms with Gasteiger partial charge < -0.3 is 15.4 Å². The largest absolute Gasteiger partial charge is 0.495 e. The quantitative estimate of drug-likeness (QED) is 0.762. The second-order valence-corrected chi connectivity index (χ2v) is 9.09. The molecule has 0 saturated carbocycles. The van der Waals surface area contributed by atoms with E-state index in [4.69, 9.17) is 4.74 Å². The fraction of sp³-hybridized carbons (Fsp3) is 0.529. The highest BCUT2D eigenvalue weighted by Crippen LogP contribution is 2.28. The highest BCUT2D eigenvalue weighted by atomic mass is 32.2. The van der Waals surface area contributed by atoms with Crippen LogP contribution in [0, 0.1) is 12.3 Å². The molecule has 1 unspecified atom stereocenters. The van der Waals surface area contributed by atoms with Gasteiger partial charge in [-0.25, -0.2) is 8.42 Å². The maximum atomic E-state index is 12.6. The van der Waals surface area contributed by atoms with E-state index in [1.807, 2.05) is 13.0 Å². The highest BCUT2D eigenvalue weighted by molar-refractivity contribution is 7.91. The third-order valence-electron chi connectivity index (χ3n) is 4.31. The van der Waals surface area contributed by atoms with Crippen molar-refractivity contribution < 1.29 is 22.7 Å². The normalized spacial score (nSPS) is 19.3. The summed E-state index contributed by atoms with van der Waals surface area (Å²) in [5, 5.41) is 5.39. The van der Waals surface area contributed by atoms with Crippen LogP contribution >= 0.6 is 0 Å². The van der Waals surface area contributed by atoms with Crippen molar-refractivity contribution in [3.63, 3.8) is 0 Å². The molecule has 1 aromatic carbocycles. The van der Waals surface area contributed by atoms with Gasteiger partial charge in [-0.05, 0) is 44.9 Å². The Morgan fingerprint density at radius 3 is 2.48 bits per heavy atom. The number of aryl methyl sites for hydroxylation is 1. The van der Waals surface area contributed by atoms with Crippen LogP contribution in [0.4, 0.5) is 5.69 Å². The van der Waals surface area contributed by atoms with Crippen molar-refractivity contribution in [1.82, 2.24) is 5.32 Å². The van der Waals surface area contributed by atoms with Gasteiger partial charge in [0.2, 0.25) is 11.8 Å². The molecule has 1 heterocycles. The molecular weight excluding hydrogens is 344 g/mol. The SMILES string of the molecule is COc1ccc(C)cc1NC(=O)C(C)(C)C(=O)NC1CCS(=O)(=O)C1. The zero-order chi connectivity index (χ0) is 18.8. The van der Waals surface area contributed by atoms with Gasteiger partial charge in [0.1, 0.15) is 11.2 Å². The third-order valence-corrected chi connectivity index (χ3v) is 6.07. The topological polar surface area (TPSA) is 102 Å². The van der Waals surface area contributed by atoms with Crippen molar-refractivity contribution >= 4 is 27.3 Å². The number of ether oxygens (including phenoxy) is 1. The Kier molecular flexibility index (Phi) is 5.41. The smallest absolute Gasteiger partial charge is 0.239 e. The molecule has 25 heavy (non-hydrogen) atoms. The van der Waals surface area contributed by atoms with Crippen molar-refractivity contribution in [2.24, 2.45) is 5.41 Å². The van der Waals surface area contributed by atoms with E-state index in [2.05, 4.69) is 10.6 Å². The molecule has 1 aromatic rings. The van der Waals surface area contributed by atoms with Crippen molar-refractivity contribution in [2.45, 2.75) is 33.2 Å². The molecule has 0 bridgehead atoms. The van der Waals surface area contributed by atoms with Crippen LogP contribution in [0.2, 0.25) is 0 Å². The molecule has 1 fully saturated rings. The Labute approximate surface area is 148 Å². The number of amides is 2. The molecule has 0 radical (unpaired) electrons. The molecule has 2 amide bonds. The van der Waals surface area contributed by atoms with Crippen LogP contribution in [-0.2, 0) is 19.4 Å². The van der Waals surface area contributed by atoms with E-state index in [1.165, 1.54) is 21.0 Å². The molecule has 1 saturated heterocycles. The molecule has 2 rings (SSSR count). The standard InChI is InChI=1S/C17H24N2O5S/c1-11-5-6-14(24-4)13(9-11)19-16(21)17(2,3)15(20)18-12-7-8-25(22,23)10-12/h5-6,9,12H,7-8,10H2,1-4H3,(H,18,20)(H,19,21). The van der Waals surface area contributed by atoms with E-state index in [0.29, 0.717) is 17.9 Å². The van der Waals surface area contributed by atoms with Gasteiger partial charge in [0.15, 0.2) is 9.84 Å². The number of hydrogen-bond acceptors (Lipinski definition) is 5. The van der Waals surface area contributed by atoms with E-state index in [1.54, 1.807) is 12.1 Å². The summed E-state index contributed by atoms with van der Waals surface area (Å²) >= 11 is 0. The Bertz CT molecular complexity index is 786. The lowest BCUT2D eigenvalue weighted by molar-refractivity contribution is -0.138. The highest BCUT2D eigenvalue weighted by Gasteiger charge is 2.39. The maximum Gasteiger partial charge on any atom is 0.239 e. The van der Waals surface area contributed by atoms with Gasteiger partial charge in [-0.15, -0.1) is 0 Å². The maximum absolute atomic E-state index is 12.6. The summed E-state index contributed by atoms with van der Waals surface area (Å²) in [6.45, 7) is 4.89. The van der Waals surface area contributed by atoms with Crippen LogP contribution in [0.1, 0.15) is 25.8 Å². The number of anilines is 1. The lowest BCUT2D eigenvalue weighted by Crippen LogP contribution is -2.48. The molecule has 138 valence electrons. The first kappa shape index (κ1) is 19.2. The second-order valence-electron chi connectivity index (χ2n) is 6.86. The van der Waals surface area contributed by atoms with Crippen LogP contribution in [0.15, 0.2) is 18.2 Å². The van der Waals surface area contributed by atoms with Gasteiger partial charge in [0.05, 0.1) is 24.3 Å². The average Bonchev–Trinajstić information content (AvgIpc) is 2.86. The van der Waals surface area contributed by atoms with Crippen LogP contribution < -0.4 is 15.4 Å². The van der Waals surface area contributed by atoms with E-state index < -0.39 is 33.1 Å². The first-order chi connectivity index (χ1) is 11.5. The summed E-state index contributed by atoms with van der Waals surface area (Å²) in [6, 6.07) is 4.90. The van der Waals surface area contributed by atoms with E-state index in [9.17, 15) is 18.0 Å². The third kappa shape index (κ3) is 4.50. The van der Waals surface area contributed by atoms with Crippen LogP contribution in [-0.4, -0.2) is 44.9 Å². The summed E-state index contributed by atoms with van der Waals surface area (Å²) in [4.78, 5) is 25.1. The van der Waals surface area contributed by atoms with Gasteiger partial charge >= 0.3 is 0 Å². The summed E-state index contributed by atoms with van der Waals surface area (Å²) < 4.78 is 28.2. The minimum Gasteiger partial charge on any atom is -0.495 e. The number of sulfone groups is 1. The first-order valence-electron chi connectivity index (χ1n) is 8.02. The number of nitrogens with one attached hydrogen (secondary N) is 2. The molecule has 7 nitrogen and oxygen atoms in total. The predicted molar refractivity (Wildman–Crippen MR) is 95.3 cm³/mol. The number of carbonyl (C=O) groups excluding carboxylic acids is 2. The van der Waals surface area contributed by atoms with Gasteiger partial charge in [-0.2, -0.15) is 0 Å². The van der Waals surface area contributed by atoms with E-state index in [-0.39, 0.29) is 11.5 Å². The number of methoxy groups -OCH3 is 1.